The lowest BCUT2D eigenvalue weighted by atomic mass is 10.0. The summed E-state index contributed by atoms with van der Waals surface area (Å²) in [6, 6.07) is 12.0. The van der Waals surface area contributed by atoms with Crippen LogP contribution in [0.5, 0.6) is 0 Å². The molecule has 0 radical (unpaired) electrons. The summed E-state index contributed by atoms with van der Waals surface area (Å²) in [5.41, 5.74) is 1.26. The molecule has 180 valence electrons. The van der Waals surface area contributed by atoms with Gasteiger partial charge >= 0.3 is 0 Å². The van der Waals surface area contributed by atoms with Crippen LogP contribution in [0.15, 0.2) is 54.7 Å². The van der Waals surface area contributed by atoms with Gasteiger partial charge in [-0.15, -0.1) is 23.2 Å². The fourth-order valence-corrected chi connectivity index (χ4v) is 5.34. The Kier molecular flexibility index (Phi) is 7.27. The van der Waals surface area contributed by atoms with E-state index in [1.807, 2.05) is 0 Å². The molecule has 7 nitrogen and oxygen atoms in total. The van der Waals surface area contributed by atoms with Gasteiger partial charge in [-0.2, -0.15) is 0 Å². The van der Waals surface area contributed by atoms with E-state index in [1.54, 1.807) is 24.3 Å². The number of Topliss-reactive ketones (excluding diaryl/α,β-unsaturated/α-hetero) is 1. The van der Waals surface area contributed by atoms with E-state index in [0.717, 1.165) is 6.20 Å². The molecule has 2 aromatic carbocycles. The van der Waals surface area contributed by atoms with E-state index in [0.29, 0.717) is 27.0 Å². The molecular weight excluding hydrogens is 560 g/mol. The van der Waals surface area contributed by atoms with Crippen molar-refractivity contribution >= 4 is 81.1 Å². The highest BCUT2D eigenvalue weighted by atomic mass is 35.5. The number of amides is 1. The third-order valence-corrected chi connectivity index (χ3v) is 7.18. The number of hydrogen-bond acceptors (Lipinski definition) is 5. The van der Waals surface area contributed by atoms with E-state index in [1.165, 1.54) is 24.3 Å². The highest BCUT2D eigenvalue weighted by Crippen LogP contribution is 2.65. The monoisotopic (exact) mass is 571 g/mol. The molecule has 1 N–H and O–H groups in total. The number of rotatable bonds is 7. The lowest BCUT2D eigenvalue weighted by Gasteiger charge is -2.09. The van der Waals surface area contributed by atoms with Gasteiger partial charge in [0, 0.05) is 39.0 Å². The summed E-state index contributed by atoms with van der Waals surface area (Å²) < 4.78 is -1.36. The average Bonchev–Trinajstić information content (AvgIpc) is 3.36. The van der Waals surface area contributed by atoms with Crippen LogP contribution in [0.25, 0.3) is 0 Å². The minimum absolute atomic E-state index is 0.137. The third-order valence-electron chi connectivity index (χ3n) is 5.48. The summed E-state index contributed by atoms with van der Waals surface area (Å²) in [6.45, 7) is 0. The van der Waals surface area contributed by atoms with Crippen molar-refractivity contribution in [2.75, 3.05) is 5.32 Å². The molecular formula is C23H14Cl5N3O4. The Morgan fingerprint density at radius 3 is 2.31 bits per heavy atom. The molecule has 0 bridgehead atoms. The lowest BCUT2D eigenvalue weighted by Crippen LogP contribution is -2.17. The van der Waals surface area contributed by atoms with Crippen LogP contribution in [0.2, 0.25) is 15.1 Å². The first-order valence-corrected chi connectivity index (χ1v) is 11.9. The Bertz CT molecular complexity index is 1330. The molecule has 1 amide bonds. The van der Waals surface area contributed by atoms with Crippen molar-refractivity contribution in [2.45, 2.75) is 16.7 Å². The van der Waals surface area contributed by atoms with Gasteiger partial charge in [0.1, 0.15) is 10.5 Å². The molecule has 3 aromatic rings. The van der Waals surface area contributed by atoms with Crippen LogP contribution >= 0.6 is 58.0 Å². The summed E-state index contributed by atoms with van der Waals surface area (Å²) in [5.74, 6) is -2.13. The number of aromatic nitrogens is 1. The van der Waals surface area contributed by atoms with E-state index >= 15 is 0 Å². The predicted molar refractivity (Wildman–Crippen MR) is 136 cm³/mol. The molecule has 1 heterocycles. The van der Waals surface area contributed by atoms with E-state index in [4.69, 9.17) is 58.0 Å². The third kappa shape index (κ3) is 5.55. The second kappa shape index (κ2) is 9.91. The Balaban J connectivity index is 1.49. The van der Waals surface area contributed by atoms with Gasteiger partial charge < -0.3 is 5.32 Å². The number of nitrogens with zero attached hydrogens (tertiary/aromatic N) is 2. The standard InChI is InChI=1S/C23H14Cl5N3O4/c24-12-5-11(6-13(25)7-12)20-21(23(20,27)28)22(33)30-15-2-4-18(26)17(8-15)19(32)9-14-1-3-16(10-29-14)31(34)35/h1-8,10,20-21H,9H2,(H,30,33). The predicted octanol–water partition coefficient (Wildman–Crippen LogP) is 6.90. The largest absolute Gasteiger partial charge is 0.326 e. The Labute approximate surface area is 224 Å². The maximum absolute atomic E-state index is 13.0. The second-order valence-electron chi connectivity index (χ2n) is 7.88. The molecule has 2 unspecified atom stereocenters. The van der Waals surface area contributed by atoms with Crippen LogP contribution in [0.3, 0.4) is 0 Å². The first-order chi connectivity index (χ1) is 16.5. The van der Waals surface area contributed by atoms with Gasteiger partial charge in [0.15, 0.2) is 5.78 Å². The normalized spacial score (nSPS) is 18.1. The topological polar surface area (TPSA) is 102 Å². The van der Waals surface area contributed by atoms with Crippen LogP contribution in [0.1, 0.15) is 27.5 Å². The van der Waals surface area contributed by atoms with Crippen molar-refractivity contribution in [3.05, 3.63) is 96.7 Å². The fourth-order valence-electron chi connectivity index (χ4n) is 3.75. The number of hydrogen-bond donors (Lipinski definition) is 1. The first kappa shape index (κ1) is 25.7. The highest BCUT2D eigenvalue weighted by Gasteiger charge is 2.67. The van der Waals surface area contributed by atoms with Crippen molar-refractivity contribution in [3.63, 3.8) is 0 Å². The number of carbonyl (C=O) groups excluding carboxylic acids is 2. The number of nitro groups is 1. The first-order valence-electron chi connectivity index (χ1n) is 10.0. The van der Waals surface area contributed by atoms with Crippen molar-refractivity contribution in [1.29, 1.82) is 0 Å². The SMILES string of the molecule is O=C(Cc1ccc([N+](=O)[O-])cn1)c1cc(NC(=O)C2C(c3cc(Cl)cc(Cl)c3)C2(Cl)Cl)ccc1Cl. The molecule has 35 heavy (non-hydrogen) atoms. The van der Waals surface area contributed by atoms with Gasteiger partial charge in [0.25, 0.3) is 5.69 Å². The zero-order valence-electron chi connectivity index (χ0n) is 17.5. The molecule has 1 aliphatic carbocycles. The van der Waals surface area contributed by atoms with Gasteiger partial charge in [0.2, 0.25) is 5.91 Å². The van der Waals surface area contributed by atoms with Gasteiger partial charge in [0.05, 0.1) is 22.3 Å². The molecule has 0 aliphatic heterocycles. The number of ketones is 1. The number of pyridine rings is 1. The Hall–Kier alpha value is -2.42. The molecule has 1 aliphatic rings. The van der Waals surface area contributed by atoms with Gasteiger partial charge in [-0.05, 0) is 48.0 Å². The zero-order chi connectivity index (χ0) is 25.5. The Morgan fingerprint density at radius 1 is 1.03 bits per heavy atom. The molecule has 0 spiro atoms. The van der Waals surface area contributed by atoms with Crippen LogP contribution in [0.4, 0.5) is 11.4 Å². The van der Waals surface area contributed by atoms with Gasteiger partial charge in [-0.1, -0.05) is 34.8 Å². The van der Waals surface area contributed by atoms with Crippen molar-refractivity contribution in [1.82, 2.24) is 4.98 Å². The number of alkyl halides is 2. The summed E-state index contributed by atoms with van der Waals surface area (Å²) >= 11 is 31.1. The summed E-state index contributed by atoms with van der Waals surface area (Å²) in [6.07, 6.45) is 0.937. The summed E-state index contributed by atoms with van der Waals surface area (Å²) in [7, 11) is 0. The smallest absolute Gasteiger partial charge is 0.287 e. The van der Waals surface area contributed by atoms with E-state index in [2.05, 4.69) is 10.3 Å². The molecule has 12 heteroatoms. The summed E-state index contributed by atoms with van der Waals surface area (Å²) in [5, 5.41) is 14.5. The molecule has 1 fully saturated rings. The van der Waals surface area contributed by atoms with Crippen LogP contribution in [-0.2, 0) is 11.2 Å². The van der Waals surface area contributed by atoms with E-state index < -0.39 is 27.0 Å². The van der Waals surface area contributed by atoms with Gasteiger partial charge in [-0.3, -0.25) is 24.7 Å². The maximum Gasteiger partial charge on any atom is 0.287 e. The number of carbonyl (C=O) groups is 2. The number of benzene rings is 2. The Morgan fingerprint density at radius 2 is 1.71 bits per heavy atom. The van der Waals surface area contributed by atoms with Crippen LogP contribution in [0, 0.1) is 16.0 Å². The average molecular weight is 574 g/mol. The molecule has 1 saturated carbocycles. The minimum Gasteiger partial charge on any atom is -0.326 e. The van der Waals surface area contributed by atoms with Crippen molar-refractivity contribution in [2.24, 2.45) is 5.92 Å². The molecule has 0 saturated heterocycles. The molecule has 1 aromatic heterocycles. The van der Waals surface area contributed by atoms with Crippen molar-refractivity contribution < 1.29 is 14.5 Å². The lowest BCUT2D eigenvalue weighted by molar-refractivity contribution is -0.385. The molecule has 2 atom stereocenters. The highest BCUT2D eigenvalue weighted by molar-refractivity contribution is 6.53. The number of halogens is 5. The zero-order valence-corrected chi connectivity index (χ0v) is 21.3. The quantitative estimate of drug-likeness (QED) is 0.143. The van der Waals surface area contributed by atoms with E-state index in [-0.39, 0.29) is 28.5 Å². The van der Waals surface area contributed by atoms with E-state index in [9.17, 15) is 19.7 Å². The van der Waals surface area contributed by atoms with Crippen LogP contribution in [-0.4, -0.2) is 25.9 Å². The summed E-state index contributed by atoms with van der Waals surface area (Å²) in [4.78, 5) is 39.9. The fraction of sp³-hybridized carbons (Fsp3) is 0.174. The molecule has 4 rings (SSSR count). The number of anilines is 1. The van der Waals surface area contributed by atoms with Gasteiger partial charge in [-0.25, -0.2) is 0 Å². The number of nitrogens with one attached hydrogen (secondary N) is 1. The van der Waals surface area contributed by atoms with Crippen molar-refractivity contribution in [3.8, 4) is 0 Å². The minimum atomic E-state index is -1.36. The van der Waals surface area contributed by atoms with Crippen LogP contribution < -0.4 is 5.32 Å². The maximum atomic E-state index is 13.0. The second-order valence-corrected chi connectivity index (χ2v) is 10.6.